The highest BCUT2D eigenvalue weighted by Gasteiger charge is 2.02. The molecule has 0 fully saturated rings. The van der Waals surface area contributed by atoms with Crippen molar-refractivity contribution in [3.63, 3.8) is 0 Å². The number of hydrogen-bond acceptors (Lipinski definition) is 4. The minimum absolute atomic E-state index is 0.320. The van der Waals surface area contributed by atoms with Gasteiger partial charge in [-0.05, 0) is 65.7 Å². The van der Waals surface area contributed by atoms with Crippen LogP contribution < -0.4 is 0 Å². The molecule has 0 rings (SSSR count). The molecule has 4 heteroatoms. The van der Waals surface area contributed by atoms with Crippen LogP contribution in [0.2, 0.25) is 0 Å². The van der Waals surface area contributed by atoms with Crippen molar-refractivity contribution < 1.29 is 10.2 Å². The van der Waals surface area contributed by atoms with Gasteiger partial charge in [-0.2, -0.15) is 0 Å². The monoisotopic (exact) mass is 260 g/mol. The molecule has 4 nitrogen and oxygen atoms in total. The SMILES string of the molecule is CN(CCCCCO)CCN(C)CCCCCO. The van der Waals surface area contributed by atoms with Crippen molar-refractivity contribution in [1.82, 2.24) is 9.80 Å². The van der Waals surface area contributed by atoms with Crippen LogP contribution in [-0.4, -0.2) is 73.5 Å². The van der Waals surface area contributed by atoms with E-state index in [9.17, 15) is 0 Å². The first-order valence-corrected chi connectivity index (χ1v) is 7.29. The first-order chi connectivity index (χ1) is 8.70. The van der Waals surface area contributed by atoms with E-state index >= 15 is 0 Å². The maximum Gasteiger partial charge on any atom is 0.0431 e. The molecular formula is C14H32N2O2. The molecule has 110 valence electrons. The largest absolute Gasteiger partial charge is 0.396 e. The van der Waals surface area contributed by atoms with Crippen LogP contribution >= 0.6 is 0 Å². The molecular weight excluding hydrogens is 228 g/mol. The van der Waals surface area contributed by atoms with Gasteiger partial charge >= 0.3 is 0 Å². The summed E-state index contributed by atoms with van der Waals surface area (Å²) in [5, 5.41) is 17.4. The minimum Gasteiger partial charge on any atom is -0.396 e. The van der Waals surface area contributed by atoms with Crippen LogP contribution in [-0.2, 0) is 0 Å². The lowest BCUT2D eigenvalue weighted by molar-refractivity contribution is 0.239. The molecule has 0 unspecified atom stereocenters. The second kappa shape index (κ2) is 13.3. The standard InChI is InChI=1S/C14H32N2O2/c1-15(9-5-3-7-13-17)11-12-16(2)10-6-4-8-14-18/h17-18H,3-14H2,1-2H3. The van der Waals surface area contributed by atoms with Gasteiger partial charge in [-0.15, -0.1) is 0 Å². The Labute approximate surface area is 113 Å². The average molecular weight is 260 g/mol. The highest BCUT2D eigenvalue weighted by atomic mass is 16.3. The summed E-state index contributed by atoms with van der Waals surface area (Å²) >= 11 is 0. The summed E-state index contributed by atoms with van der Waals surface area (Å²) in [4.78, 5) is 4.73. The predicted octanol–water partition coefficient (Wildman–Crippen LogP) is 1.18. The third-order valence-corrected chi connectivity index (χ3v) is 3.26. The fourth-order valence-electron chi connectivity index (χ4n) is 1.91. The first kappa shape index (κ1) is 17.8. The molecule has 2 N–H and O–H groups in total. The van der Waals surface area contributed by atoms with E-state index < -0.39 is 0 Å². The maximum atomic E-state index is 8.69. The average Bonchev–Trinajstić information content (AvgIpc) is 2.37. The fourth-order valence-corrected chi connectivity index (χ4v) is 1.91. The smallest absolute Gasteiger partial charge is 0.0431 e. The van der Waals surface area contributed by atoms with Crippen molar-refractivity contribution in [3.8, 4) is 0 Å². The van der Waals surface area contributed by atoms with Gasteiger partial charge in [-0.25, -0.2) is 0 Å². The van der Waals surface area contributed by atoms with E-state index in [1.807, 2.05) is 0 Å². The van der Waals surface area contributed by atoms with Gasteiger partial charge in [-0.3, -0.25) is 0 Å². The Bertz CT molecular complexity index is 150. The molecule has 0 spiro atoms. The molecule has 0 amide bonds. The normalized spacial score (nSPS) is 11.7. The zero-order valence-corrected chi connectivity index (χ0v) is 12.3. The van der Waals surface area contributed by atoms with Crippen LogP contribution in [0.4, 0.5) is 0 Å². The molecule has 0 bridgehead atoms. The second-order valence-electron chi connectivity index (χ2n) is 5.18. The molecule has 0 aliphatic heterocycles. The topological polar surface area (TPSA) is 46.9 Å². The first-order valence-electron chi connectivity index (χ1n) is 7.29. The van der Waals surface area contributed by atoms with Crippen molar-refractivity contribution in [1.29, 1.82) is 0 Å². The molecule has 18 heavy (non-hydrogen) atoms. The van der Waals surface area contributed by atoms with Crippen LogP contribution in [0.25, 0.3) is 0 Å². The zero-order valence-electron chi connectivity index (χ0n) is 12.3. The summed E-state index contributed by atoms with van der Waals surface area (Å²) in [6.07, 6.45) is 6.46. The van der Waals surface area contributed by atoms with Crippen molar-refractivity contribution in [2.24, 2.45) is 0 Å². The molecule has 0 saturated heterocycles. The predicted molar refractivity (Wildman–Crippen MR) is 76.9 cm³/mol. The van der Waals surface area contributed by atoms with E-state index in [0.29, 0.717) is 13.2 Å². The third kappa shape index (κ3) is 12.3. The van der Waals surface area contributed by atoms with Crippen LogP contribution in [0, 0.1) is 0 Å². The summed E-state index contributed by atoms with van der Waals surface area (Å²) in [5.74, 6) is 0. The molecule has 0 radical (unpaired) electrons. The number of nitrogens with zero attached hydrogens (tertiary/aromatic N) is 2. The van der Waals surface area contributed by atoms with Gasteiger partial charge < -0.3 is 20.0 Å². The second-order valence-corrected chi connectivity index (χ2v) is 5.18. The van der Waals surface area contributed by atoms with Gasteiger partial charge in [-0.1, -0.05) is 0 Å². The Hall–Kier alpha value is -0.160. The number of aliphatic hydroxyl groups is 2. The van der Waals surface area contributed by atoms with Crippen molar-refractivity contribution in [2.45, 2.75) is 38.5 Å². The summed E-state index contributed by atoms with van der Waals surface area (Å²) in [5.41, 5.74) is 0. The van der Waals surface area contributed by atoms with E-state index in [2.05, 4.69) is 23.9 Å². The van der Waals surface area contributed by atoms with Gasteiger partial charge in [0.1, 0.15) is 0 Å². The number of aliphatic hydroxyl groups excluding tert-OH is 2. The van der Waals surface area contributed by atoms with E-state index in [1.54, 1.807) is 0 Å². The van der Waals surface area contributed by atoms with Crippen LogP contribution in [0.5, 0.6) is 0 Å². The molecule has 0 saturated carbocycles. The van der Waals surface area contributed by atoms with Gasteiger partial charge in [0.15, 0.2) is 0 Å². The molecule has 0 heterocycles. The van der Waals surface area contributed by atoms with Crippen molar-refractivity contribution in [3.05, 3.63) is 0 Å². The van der Waals surface area contributed by atoms with E-state index in [1.165, 1.54) is 12.8 Å². The molecule has 0 aliphatic carbocycles. The molecule has 0 atom stereocenters. The third-order valence-electron chi connectivity index (χ3n) is 3.26. The van der Waals surface area contributed by atoms with E-state index in [4.69, 9.17) is 10.2 Å². The Kier molecular flexibility index (Phi) is 13.2. The summed E-state index contributed by atoms with van der Waals surface area (Å²) in [6.45, 7) is 5.10. The highest BCUT2D eigenvalue weighted by molar-refractivity contribution is 4.58. The lowest BCUT2D eigenvalue weighted by Gasteiger charge is -2.21. The van der Waals surface area contributed by atoms with E-state index in [-0.39, 0.29) is 0 Å². The van der Waals surface area contributed by atoms with Crippen LogP contribution in [0.15, 0.2) is 0 Å². The Morgan fingerprint density at radius 3 is 1.28 bits per heavy atom. The number of hydrogen-bond donors (Lipinski definition) is 2. The van der Waals surface area contributed by atoms with Crippen LogP contribution in [0.3, 0.4) is 0 Å². The van der Waals surface area contributed by atoms with Crippen LogP contribution in [0.1, 0.15) is 38.5 Å². The lowest BCUT2D eigenvalue weighted by atomic mass is 10.2. The number of rotatable bonds is 13. The van der Waals surface area contributed by atoms with Gasteiger partial charge in [0, 0.05) is 26.3 Å². The van der Waals surface area contributed by atoms with Gasteiger partial charge in [0.05, 0.1) is 0 Å². The quantitative estimate of drug-likeness (QED) is 0.488. The van der Waals surface area contributed by atoms with Gasteiger partial charge in [0.25, 0.3) is 0 Å². The molecule has 0 aromatic rings. The Balaban J connectivity index is 3.32. The maximum absolute atomic E-state index is 8.69. The summed E-state index contributed by atoms with van der Waals surface area (Å²) in [7, 11) is 4.33. The highest BCUT2D eigenvalue weighted by Crippen LogP contribution is 1.99. The summed E-state index contributed by atoms with van der Waals surface area (Å²) < 4.78 is 0. The fraction of sp³-hybridized carbons (Fsp3) is 1.00. The zero-order chi connectivity index (χ0) is 13.6. The van der Waals surface area contributed by atoms with E-state index in [0.717, 1.165) is 51.9 Å². The van der Waals surface area contributed by atoms with Crippen molar-refractivity contribution >= 4 is 0 Å². The van der Waals surface area contributed by atoms with Crippen molar-refractivity contribution in [2.75, 3.05) is 53.5 Å². The molecule has 0 aromatic carbocycles. The molecule has 0 aliphatic rings. The number of likely N-dealkylation sites (N-methyl/N-ethyl adjacent to an activating group) is 2. The Morgan fingerprint density at radius 1 is 0.556 bits per heavy atom. The lowest BCUT2D eigenvalue weighted by Crippen LogP contribution is -2.32. The Morgan fingerprint density at radius 2 is 0.944 bits per heavy atom. The summed E-state index contributed by atoms with van der Waals surface area (Å²) in [6, 6.07) is 0. The molecule has 0 aromatic heterocycles. The minimum atomic E-state index is 0.320. The number of unbranched alkanes of at least 4 members (excludes halogenated alkanes) is 4. The van der Waals surface area contributed by atoms with Gasteiger partial charge in [0.2, 0.25) is 0 Å².